The number of benzene rings is 1. The topological polar surface area (TPSA) is 126 Å². The van der Waals surface area contributed by atoms with Crippen LogP contribution in [0.2, 0.25) is 0 Å². The number of halogens is 2. The van der Waals surface area contributed by atoms with Gasteiger partial charge in [0.25, 0.3) is 5.91 Å². The standard InChI is InChI=1S/C22H24F2N4O6/c1-9-7-28-16-11(5-13(14(23)15(16)24)18(29)25-12-3-4-33-8-12)6-22(17(28)10(2)34-9)19(30)26-21(32)27-20(22)31/h5,9-10,12,17H,3-4,6-8H2,1-2H3,(H,25,29)(H2,26,27,30,31,32)/t9-,10+,12?,17-/m1/s1. The average molecular weight is 478 g/mol. The van der Waals surface area contributed by atoms with Crippen LogP contribution in [0.15, 0.2) is 6.07 Å². The Balaban J connectivity index is 1.64. The van der Waals surface area contributed by atoms with Gasteiger partial charge >= 0.3 is 6.03 Å². The molecule has 4 aliphatic heterocycles. The molecule has 0 radical (unpaired) electrons. The fourth-order valence-electron chi connectivity index (χ4n) is 5.61. The molecule has 0 saturated carbocycles. The summed E-state index contributed by atoms with van der Waals surface area (Å²) >= 11 is 0. The maximum atomic E-state index is 15.5. The van der Waals surface area contributed by atoms with E-state index in [2.05, 4.69) is 16.0 Å². The van der Waals surface area contributed by atoms with E-state index in [0.717, 1.165) is 0 Å². The predicted molar refractivity (Wildman–Crippen MR) is 112 cm³/mol. The molecule has 4 aliphatic rings. The third kappa shape index (κ3) is 3.27. The number of amides is 5. The summed E-state index contributed by atoms with van der Waals surface area (Å²) in [4.78, 5) is 52.3. The molecule has 34 heavy (non-hydrogen) atoms. The van der Waals surface area contributed by atoms with E-state index in [4.69, 9.17) is 9.47 Å². The number of rotatable bonds is 2. The second-order valence-electron chi connectivity index (χ2n) is 9.23. The van der Waals surface area contributed by atoms with Crippen LogP contribution in [-0.4, -0.2) is 67.8 Å². The van der Waals surface area contributed by atoms with Gasteiger partial charge in [-0.3, -0.25) is 25.0 Å². The monoisotopic (exact) mass is 478 g/mol. The Kier molecular flexibility index (Phi) is 5.32. The maximum Gasteiger partial charge on any atom is 0.328 e. The number of carbonyl (C=O) groups excluding carboxylic acids is 4. The van der Waals surface area contributed by atoms with Crippen LogP contribution < -0.4 is 20.9 Å². The van der Waals surface area contributed by atoms with Gasteiger partial charge in [-0.2, -0.15) is 0 Å². The summed E-state index contributed by atoms with van der Waals surface area (Å²) < 4.78 is 41.8. The second-order valence-corrected chi connectivity index (χ2v) is 9.23. The van der Waals surface area contributed by atoms with Crippen LogP contribution in [0.5, 0.6) is 0 Å². The first-order valence-corrected chi connectivity index (χ1v) is 11.1. The molecule has 3 fully saturated rings. The summed E-state index contributed by atoms with van der Waals surface area (Å²) in [6.45, 7) is 4.16. The zero-order valence-corrected chi connectivity index (χ0v) is 18.6. The van der Waals surface area contributed by atoms with E-state index >= 15 is 8.78 Å². The van der Waals surface area contributed by atoms with Crippen molar-refractivity contribution < 1.29 is 37.4 Å². The first-order valence-electron chi connectivity index (χ1n) is 11.1. The number of nitrogens with zero attached hydrogens (tertiary/aromatic N) is 1. The first kappa shape index (κ1) is 22.7. The van der Waals surface area contributed by atoms with E-state index in [1.165, 1.54) is 11.0 Å². The van der Waals surface area contributed by atoms with Crippen molar-refractivity contribution in [3.63, 3.8) is 0 Å². The van der Waals surface area contributed by atoms with E-state index in [-0.39, 0.29) is 36.9 Å². The van der Waals surface area contributed by atoms with Crippen LogP contribution in [0.3, 0.4) is 0 Å². The Bertz CT molecular complexity index is 1090. The summed E-state index contributed by atoms with van der Waals surface area (Å²) in [7, 11) is 0. The molecular weight excluding hydrogens is 454 g/mol. The molecule has 1 aromatic carbocycles. The van der Waals surface area contributed by atoms with Crippen molar-refractivity contribution in [3.05, 3.63) is 28.8 Å². The van der Waals surface area contributed by atoms with E-state index in [1.54, 1.807) is 13.8 Å². The fourth-order valence-corrected chi connectivity index (χ4v) is 5.61. The largest absolute Gasteiger partial charge is 0.379 e. The van der Waals surface area contributed by atoms with Gasteiger partial charge in [0.05, 0.1) is 42.1 Å². The van der Waals surface area contributed by atoms with Crippen molar-refractivity contribution in [2.24, 2.45) is 5.41 Å². The summed E-state index contributed by atoms with van der Waals surface area (Å²) in [5.41, 5.74) is -2.38. The number of morpholine rings is 1. The van der Waals surface area contributed by atoms with Gasteiger partial charge in [-0.15, -0.1) is 0 Å². The number of carbonyl (C=O) groups is 4. The molecule has 1 spiro atoms. The Labute approximate surface area is 193 Å². The molecule has 0 bridgehead atoms. The second kappa shape index (κ2) is 7.98. The van der Waals surface area contributed by atoms with Gasteiger partial charge in [0.1, 0.15) is 0 Å². The normalized spacial score (nSPS) is 29.9. The molecule has 4 atom stereocenters. The lowest BCUT2D eigenvalue weighted by molar-refractivity contribution is -0.153. The van der Waals surface area contributed by atoms with Gasteiger partial charge in [0.2, 0.25) is 11.8 Å². The molecule has 3 saturated heterocycles. The molecule has 4 heterocycles. The zero-order valence-electron chi connectivity index (χ0n) is 18.6. The molecule has 10 nitrogen and oxygen atoms in total. The van der Waals surface area contributed by atoms with Crippen LogP contribution in [0.4, 0.5) is 19.3 Å². The lowest BCUT2D eigenvalue weighted by Crippen LogP contribution is -2.75. The zero-order chi connectivity index (χ0) is 24.4. The average Bonchev–Trinajstić information content (AvgIpc) is 3.26. The SMILES string of the molecule is C[C@@H]1CN2c3c(cc(C(=O)NC4CCOC4)c(F)c3F)CC3(C(=O)NC(=O)NC3=O)[C@H]2[C@H](C)O1. The van der Waals surface area contributed by atoms with E-state index in [0.29, 0.717) is 13.0 Å². The number of ether oxygens (including phenoxy) is 2. The summed E-state index contributed by atoms with van der Waals surface area (Å²) in [6.07, 6.45) is -0.947. The first-order chi connectivity index (χ1) is 16.1. The molecular formula is C22H24F2N4O6. The van der Waals surface area contributed by atoms with Crippen LogP contribution in [-0.2, 0) is 25.5 Å². The minimum atomic E-state index is -1.85. The van der Waals surface area contributed by atoms with E-state index < -0.39 is 64.6 Å². The lowest BCUT2D eigenvalue weighted by Gasteiger charge is -2.55. The number of anilines is 1. The number of barbiturate groups is 1. The smallest absolute Gasteiger partial charge is 0.328 e. The van der Waals surface area contributed by atoms with Crippen molar-refractivity contribution in [2.75, 3.05) is 24.7 Å². The fraction of sp³-hybridized carbons (Fsp3) is 0.545. The highest BCUT2D eigenvalue weighted by Crippen LogP contribution is 2.48. The number of nitrogens with one attached hydrogen (secondary N) is 3. The molecule has 12 heteroatoms. The molecule has 0 aliphatic carbocycles. The number of hydrogen-bond donors (Lipinski definition) is 3. The van der Waals surface area contributed by atoms with Gasteiger partial charge < -0.3 is 19.7 Å². The molecule has 5 rings (SSSR count). The number of fused-ring (bicyclic) bond motifs is 4. The van der Waals surface area contributed by atoms with E-state index in [9.17, 15) is 19.2 Å². The minimum Gasteiger partial charge on any atom is -0.379 e. The molecule has 1 aromatic rings. The predicted octanol–water partition coefficient (Wildman–Crippen LogP) is 0.374. The molecule has 1 unspecified atom stereocenters. The van der Waals surface area contributed by atoms with Crippen molar-refractivity contribution >= 4 is 29.4 Å². The quantitative estimate of drug-likeness (QED) is 0.525. The Morgan fingerprint density at radius 3 is 2.53 bits per heavy atom. The third-order valence-corrected chi connectivity index (χ3v) is 6.98. The highest BCUT2D eigenvalue weighted by Gasteiger charge is 2.63. The van der Waals surface area contributed by atoms with Gasteiger partial charge in [-0.25, -0.2) is 13.6 Å². The van der Waals surface area contributed by atoms with Crippen LogP contribution in [0, 0.1) is 17.0 Å². The minimum absolute atomic E-state index is 0.0690. The number of hydrogen-bond acceptors (Lipinski definition) is 7. The third-order valence-electron chi connectivity index (χ3n) is 6.98. The Hall–Kier alpha value is -3.12. The van der Waals surface area contributed by atoms with Crippen LogP contribution in [0.25, 0.3) is 0 Å². The van der Waals surface area contributed by atoms with Gasteiger partial charge in [0.15, 0.2) is 17.0 Å². The highest BCUT2D eigenvalue weighted by molar-refractivity contribution is 6.20. The Morgan fingerprint density at radius 1 is 1.18 bits per heavy atom. The molecule has 5 amide bonds. The Morgan fingerprint density at radius 2 is 1.88 bits per heavy atom. The van der Waals surface area contributed by atoms with E-state index in [1.807, 2.05) is 0 Å². The maximum absolute atomic E-state index is 15.5. The lowest BCUT2D eigenvalue weighted by atomic mass is 9.66. The van der Waals surface area contributed by atoms with Crippen molar-refractivity contribution in [2.45, 2.75) is 51.0 Å². The number of imide groups is 2. The molecule has 182 valence electrons. The molecule has 0 aromatic heterocycles. The van der Waals surface area contributed by atoms with Crippen molar-refractivity contribution in [1.29, 1.82) is 0 Å². The summed E-state index contributed by atoms with van der Waals surface area (Å²) in [6, 6.07) is -1.12. The summed E-state index contributed by atoms with van der Waals surface area (Å²) in [5.74, 6) is -5.08. The van der Waals surface area contributed by atoms with Gasteiger partial charge in [-0.1, -0.05) is 0 Å². The van der Waals surface area contributed by atoms with Crippen LogP contribution >= 0.6 is 0 Å². The number of urea groups is 1. The summed E-state index contributed by atoms with van der Waals surface area (Å²) in [5, 5.41) is 6.88. The highest BCUT2D eigenvalue weighted by atomic mass is 19.2. The molecule has 3 N–H and O–H groups in total. The van der Waals surface area contributed by atoms with Crippen molar-refractivity contribution in [1.82, 2.24) is 16.0 Å². The van der Waals surface area contributed by atoms with Crippen LogP contribution in [0.1, 0.15) is 36.2 Å². The van der Waals surface area contributed by atoms with Gasteiger partial charge in [0, 0.05) is 19.6 Å². The van der Waals surface area contributed by atoms with Crippen molar-refractivity contribution in [3.8, 4) is 0 Å². The van der Waals surface area contributed by atoms with Gasteiger partial charge in [-0.05, 0) is 31.9 Å².